The molecule has 6 rings (SSSR count). The van der Waals surface area contributed by atoms with Gasteiger partial charge in [0.2, 0.25) is 5.54 Å². The van der Waals surface area contributed by atoms with Crippen LogP contribution in [-0.2, 0) is 32.0 Å². The maximum Gasteiger partial charge on any atom is 0.344 e. The molecule has 0 saturated carbocycles. The number of carbonyl (C=O) groups excluding carboxylic acids is 2. The van der Waals surface area contributed by atoms with Gasteiger partial charge in [-0.15, -0.1) is 0 Å². The molecule has 0 aliphatic carbocycles. The second-order valence-corrected chi connectivity index (χ2v) is 10.0. The summed E-state index contributed by atoms with van der Waals surface area (Å²) in [7, 11) is 0. The van der Waals surface area contributed by atoms with Crippen molar-refractivity contribution in [2.45, 2.75) is 32.4 Å². The van der Waals surface area contributed by atoms with Crippen LogP contribution in [0.1, 0.15) is 25.0 Å². The number of ether oxygens (including phenoxy) is 2. The van der Waals surface area contributed by atoms with Gasteiger partial charge < -0.3 is 14.4 Å². The Bertz CT molecular complexity index is 1710. The third kappa shape index (κ3) is 4.10. The number of esters is 2. The summed E-state index contributed by atoms with van der Waals surface area (Å²) in [5, 5.41) is 4.44. The van der Waals surface area contributed by atoms with Crippen molar-refractivity contribution in [1.82, 2.24) is 0 Å². The van der Waals surface area contributed by atoms with Gasteiger partial charge in [0.1, 0.15) is 0 Å². The van der Waals surface area contributed by atoms with Crippen LogP contribution in [0.2, 0.25) is 0 Å². The Morgan fingerprint density at radius 2 is 1.15 bits per heavy atom. The normalized spacial score (nSPS) is 14.1. The second-order valence-electron chi connectivity index (χ2n) is 10.0. The lowest BCUT2D eigenvalue weighted by Gasteiger charge is -2.43. The van der Waals surface area contributed by atoms with E-state index in [0.717, 1.165) is 49.5 Å². The van der Waals surface area contributed by atoms with Gasteiger partial charge in [0.15, 0.2) is 0 Å². The predicted octanol–water partition coefficient (Wildman–Crippen LogP) is 7.09. The highest BCUT2D eigenvalue weighted by Crippen LogP contribution is 2.45. The third-order valence-electron chi connectivity index (χ3n) is 7.81. The summed E-state index contributed by atoms with van der Waals surface area (Å²) < 4.78 is 11.4. The van der Waals surface area contributed by atoms with Crippen LogP contribution in [0, 0.1) is 0 Å². The quantitative estimate of drug-likeness (QED) is 0.180. The van der Waals surface area contributed by atoms with Crippen molar-refractivity contribution < 1.29 is 19.1 Å². The Morgan fingerprint density at radius 3 is 1.73 bits per heavy atom. The minimum absolute atomic E-state index is 0.0996. The molecular weight excluding hydrogens is 498 g/mol. The highest BCUT2D eigenvalue weighted by atomic mass is 16.6. The molecule has 1 aliphatic heterocycles. The zero-order valence-electron chi connectivity index (χ0n) is 22.7. The standard InChI is InChI=1S/C35H31NO4/c1-3-39-33(37)35(34(38)40-4-2)22-26-20-18-24-12-8-10-16-29(24)31(26)32-27(21-19-25-13-9-11-17-30(25)32)23-36(35)28-14-6-5-7-15-28/h5-21H,3-4,22-23H2,1-2H3. The number of anilines is 1. The van der Waals surface area contributed by atoms with Gasteiger partial charge in [-0.2, -0.15) is 0 Å². The van der Waals surface area contributed by atoms with Crippen molar-refractivity contribution in [2.75, 3.05) is 18.1 Å². The molecular formula is C35H31NO4. The van der Waals surface area contributed by atoms with E-state index >= 15 is 0 Å². The maximum absolute atomic E-state index is 14.1. The molecule has 0 unspecified atom stereocenters. The van der Waals surface area contributed by atoms with Crippen LogP contribution in [0.15, 0.2) is 103 Å². The Morgan fingerprint density at radius 1 is 0.650 bits per heavy atom. The summed E-state index contributed by atoms with van der Waals surface area (Å²) in [6.07, 6.45) is 0.0996. The average Bonchev–Trinajstić information content (AvgIpc) is 2.98. The lowest BCUT2D eigenvalue weighted by atomic mass is 9.78. The van der Waals surface area contributed by atoms with Gasteiger partial charge in [0, 0.05) is 18.7 Å². The second kappa shape index (κ2) is 10.5. The molecule has 5 aromatic rings. The van der Waals surface area contributed by atoms with Crippen molar-refractivity contribution in [3.05, 3.63) is 114 Å². The maximum atomic E-state index is 14.1. The smallest absolute Gasteiger partial charge is 0.344 e. The van der Waals surface area contributed by atoms with Crippen molar-refractivity contribution in [3.63, 3.8) is 0 Å². The first-order valence-corrected chi connectivity index (χ1v) is 13.8. The molecule has 0 radical (unpaired) electrons. The van der Waals surface area contributed by atoms with Gasteiger partial charge in [-0.3, -0.25) is 0 Å². The Kier molecular flexibility index (Phi) is 6.72. The topological polar surface area (TPSA) is 55.8 Å². The molecule has 0 spiro atoms. The van der Waals surface area contributed by atoms with E-state index in [-0.39, 0.29) is 19.6 Å². The van der Waals surface area contributed by atoms with Gasteiger partial charge in [0.25, 0.3) is 0 Å². The van der Waals surface area contributed by atoms with E-state index < -0.39 is 17.5 Å². The monoisotopic (exact) mass is 529 g/mol. The minimum Gasteiger partial charge on any atom is -0.464 e. The third-order valence-corrected chi connectivity index (χ3v) is 7.81. The number of hydrogen-bond donors (Lipinski definition) is 0. The van der Waals surface area contributed by atoms with Gasteiger partial charge in [0.05, 0.1) is 13.2 Å². The van der Waals surface area contributed by atoms with E-state index in [9.17, 15) is 9.59 Å². The molecule has 0 atom stereocenters. The molecule has 200 valence electrons. The number of rotatable bonds is 5. The molecule has 40 heavy (non-hydrogen) atoms. The molecule has 0 bridgehead atoms. The van der Waals surface area contributed by atoms with Gasteiger partial charge in [-0.1, -0.05) is 91.0 Å². The van der Waals surface area contributed by atoms with Gasteiger partial charge in [-0.05, 0) is 69.8 Å². The van der Waals surface area contributed by atoms with Crippen molar-refractivity contribution in [1.29, 1.82) is 0 Å². The summed E-state index contributed by atoms with van der Waals surface area (Å²) in [5.41, 5.74) is 3.07. The molecule has 1 aliphatic rings. The van der Waals surface area contributed by atoms with Crippen LogP contribution in [0.3, 0.4) is 0 Å². The first kappa shape index (κ1) is 25.6. The summed E-state index contributed by atoms with van der Waals surface area (Å²) >= 11 is 0. The van der Waals surface area contributed by atoms with Crippen LogP contribution in [-0.4, -0.2) is 30.7 Å². The molecule has 0 amide bonds. The molecule has 0 saturated heterocycles. The van der Waals surface area contributed by atoms with Crippen molar-refractivity contribution in [2.24, 2.45) is 0 Å². The Hall–Kier alpha value is -4.64. The van der Waals surface area contributed by atoms with Crippen molar-refractivity contribution >= 4 is 39.2 Å². The largest absolute Gasteiger partial charge is 0.464 e. The fourth-order valence-electron chi connectivity index (χ4n) is 6.05. The summed E-state index contributed by atoms with van der Waals surface area (Å²) in [5.74, 6) is -1.22. The number of benzene rings is 5. The molecule has 5 aromatic carbocycles. The lowest BCUT2D eigenvalue weighted by Crippen LogP contribution is -2.63. The van der Waals surface area contributed by atoms with E-state index in [0.29, 0.717) is 6.54 Å². The van der Waals surface area contributed by atoms with Crippen LogP contribution in [0.4, 0.5) is 5.69 Å². The number of para-hydroxylation sites is 1. The van der Waals surface area contributed by atoms with Crippen LogP contribution < -0.4 is 4.90 Å². The summed E-state index contributed by atoms with van der Waals surface area (Å²) in [4.78, 5) is 30.1. The SMILES string of the molecule is CCOC(=O)C1(C(=O)OCC)Cc2ccc3ccccc3c2-c2c(ccc3ccccc23)CN1c1ccccc1. The number of nitrogens with zero attached hydrogens (tertiary/aromatic N) is 1. The van der Waals surface area contributed by atoms with E-state index in [1.807, 2.05) is 59.5 Å². The lowest BCUT2D eigenvalue weighted by molar-refractivity contribution is -0.164. The highest BCUT2D eigenvalue weighted by Gasteiger charge is 2.55. The zero-order chi connectivity index (χ0) is 27.7. The molecule has 5 heteroatoms. The number of fused-ring (bicyclic) bond motifs is 7. The van der Waals surface area contributed by atoms with Crippen LogP contribution in [0.5, 0.6) is 0 Å². The van der Waals surface area contributed by atoms with E-state index in [1.165, 1.54) is 0 Å². The average molecular weight is 530 g/mol. The number of hydrogen-bond acceptors (Lipinski definition) is 5. The van der Waals surface area contributed by atoms with Crippen molar-refractivity contribution in [3.8, 4) is 11.1 Å². The predicted molar refractivity (Wildman–Crippen MR) is 159 cm³/mol. The van der Waals surface area contributed by atoms with E-state index in [1.54, 1.807) is 13.8 Å². The highest BCUT2D eigenvalue weighted by molar-refractivity contribution is 6.12. The number of carbonyl (C=O) groups is 2. The van der Waals surface area contributed by atoms with Crippen LogP contribution >= 0.6 is 0 Å². The zero-order valence-corrected chi connectivity index (χ0v) is 22.7. The molecule has 0 fully saturated rings. The van der Waals surface area contributed by atoms with E-state index in [2.05, 4.69) is 48.5 Å². The molecule has 0 N–H and O–H groups in total. The summed E-state index contributed by atoms with van der Waals surface area (Å²) in [6.45, 7) is 4.12. The fourth-order valence-corrected chi connectivity index (χ4v) is 6.05. The first-order valence-electron chi connectivity index (χ1n) is 13.8. The van der Waals surface area contributed by atoms with E-state index in [4.69, 9.17) is 9.47 Å². The molecule has 5 nitrogen and oxygen atoms in total. The summed E-state index contributed by atoms with van der Waals surface area (Å²) in [6, 6.07) is 34.6. The van der Waals surface area contributed by atoms with Gasteiger partial charge >= 0.3 is 11.9 Å². The molecule has 1 heterocycles. The molecule has 0 aromatic heterocycles. The van der Waals surface area contributed by atoms with Gasteiger partial charge in [-0.25, -0.2) is 9.59 Å². The Balaban J connectivity index is 1.75. The first-order chi connectivity index (χ1) is 19.6. The fraction of sp³-hybridized carbons (Fsp3) is 0.200. The van der Waals surface area contributed by atoms with Crippen LogP contribution in [0.25, 0.3) is 32.7 Å². The Labute approximate surface area is 233 Å². The minimum atomic E-state index is -1.73.